The molecule has 2 heterocycles. The van der Waals surface area contributed by atoms with Crippen molar-refractivity contribution >= 4 is 5.96 Å². The fourth-order valence-corrected chi connectivity index (χ4v) is 4.22. The molecule has 108 valence electrons. The molecule has 0 aromatic carbocycles. The van der Waals surface area contributed by atoms with Crippen molar-refractivity contribution in [2.45, 2.75) is 70.0 Å². The first-order chi connectivity index (χ1) is 9.12. The van der Waals surface area contributed by atoms with Crippen LogP contribution in [0.5, 0.6) is 0 Å². The van der Waals surface area contributed by atoms with Crippen LogP contribution in [-0.2, 0) is 0 Å². The van der Waals surface area contributed by atoms with E-state index in [1.165, 1.54) is 51.6 Å². The summed E-state index contributed by atoms with van der Waals surface area (Å²) in [5.41, 5.74) is 6.48. The number of nitrogens with zero attached hydrogens (tertiary/aromatic N) is 3. The Morgan fingerprint density at radius 3 is 2.42 bits per heavy atom. The lowest BCUT2D eigenvalue weighted by Gasteiger charge is -2.48. The van der Waals surface area contributed by atoms with Crippen molar-refractivity contribution in [3.8, 4) is 0 Å². The van der Waals surface area contributed by atoms with E-state index in [1.54, 1.807) is 0 Å². The van der Waals surface area contributed by atoms with Gasteiger partial charge in [0.1, 0.15) is 0 Å². The van der Waals surface area contributed by atoms with Gasteiger partial charge in [0.25, 0.3) is 0 Å². The van der Waals surface area contributed by atoms with Crippen LogP contribution in [0.2, 0.25) is 0 Å². The predicted octanol–water partition coefficient (Wildman–Crippen LogP) is 1.80. The van der Waals surface area contributed by atoms with Crippen LogP contribution in [0, 0.1) is 0 Å². The zero-order chi connectivity index (χ0) is 13.5. The van der Waals surface area contributed by atoms with E-state index in [-0.39, 0.29) is 5.54 Å². The number of aliphatic imine (C=N–C) groups is 1. The zero-order valence-corrected chi connectivity index (χ0v) is 12.4. The molecule has 2 aliphatic heterocycles. The molecular formula is C15H28N4. The maximum absolute atomic E-state index is 6.22. The van der Waals surface area contributed by atoms with Crippen molar-refractivity contribution in [2.24, 2.45) is 10.7 Å². The molecule has 19 heavy (non-hydrogen) atoms. The van der Waals surface area contributed by atoms with Gasteiger partial charge in [0.05, 0.1) is 12.1 Å². The van der Waals surface area contributed by atoms with Crippen molar-refractivity contribution in [3.05, 3.63) is 0 Å². The lowest BCUT2D eigenvalue weighted by molar-refractivity contribution is 0.0504. The predicted molar refractivity (Wildman–Crippen MR) is 79.3 cm³/mol. The second kappa shape index (κ2) is 4.97. The smallest absolute Gasteiger partial charge is 0.192 e. The highest BCUT2D eigenvalue weighted by molar-refractivity contribution is 5.81. The van der Waals surface area contributed by atoms with Crippen LogP contribution in [0.25, 0.3) is 0 Å². The van der Waals surface area contributed by atoms with Gasteiger partial charge in [0.2, 0.25) is 0 Å². The molecule has 1 aliphatic carbocycles. The lowest BCUT2D eigenvalue weighted by Crippen LogP contribution is -2.60. The number of likely N-dealkylation sites (tertiary alicyclic amines) is 1. The minimum absolute atomic E-state index is 0.254. The van der Waals surface area contributed by atoms with Gasteiger partial charge in [-0.05, 0) is 39.5 Å². The van der Waals surface area contributed by atoms with Gasteiger partial charge in [0.15, 0.2) is 5.96 Å². The number of hydrogen-bond acceptors (Lipinski definition) is 4. The van der Waals surface area contributed by atoms with Gasteiger partial charge < -0.3 is 15.5 Å². The summed E-state index contributed by atoms with van der Waals surface area (Å²) >= 11 is 0. The number of hydrogen-bond donors (Lipinski definition) is 1. The topological polar surface area (TPSA) is 44.9 Å². The van der Waals surface area contributed by atoms with E-state index >= 15 is 0 Å². The van der Waals surface area contributed by atoms with Gasteiger partial charge in [0, 0.05) is 25.2 Å². The third-order valence-corrected chi connectivity index (χ3v) is 5.44. The molecule has 4 heteroatoms. The van der Waals surface area contributed by atoms with E-state index in [0.717, 1.165) is 12.5 Å². The Hall–Kier alpha value is -0.770. The Morgan fingerprint density at radius 2 is 1.84 bits per heavy atom. The number of piperidine rings is 1. The Kier molecular flexibility index (Phi) is 3.46. The molecule has 1 saturated carbocycles. The molecule has 3 rings (SSSR count). The average molecular weight is 264 g/mol. The molecule has 0 aromatic rings. The van der Waals surface area contributed by atoms with Gasteiger partial charge in [-0.25, -0.2) is 0 Å². The first kappa shape index (κ1) is 13.2. The minimum atomic E-state index is 0.254. The van der Waals surface area contributed by atoms with E-state index in [9.17, 15) is 0 Å². The van der Waals surface area contributed by atoms with E-state index in [0.29, 0.717) is 12.1 Å². The zero-order valence-electron chi connectivity index (χ0n) is 12.4. The maximum Gasteiger partial charge on any atom is 0.192 e. The SMILES string of the molecule is CC(C)N1CCC2(CC1)CN=C(N)N2C1CCCC1. The van der Waals surface area contributed by atoms with Crippen LogP contribution < -0.4 is 5.73 Å². The Bertz CT molecular complexity index is 349. The molecule has 3 aliphatic rings. The highest BCUT2D eigenvalue weighted by Gasteiger charge is 2.47. The van der Waals surface area contributed by atoms with Crippen molar-refractivity contribution in [1.82, 2.24) is 9.80 Å². The summed E-state index contributed by atoms with van der Waals surface area (Å²) in [7, 11) is 0. The van der Waals surface area contributed by atoms with E-state index in [1.807, 2.05) is 0 Å². The number of rotatable bonds is 2. The van der Waals surface area contributed by atoms with Crippen molar-refractivity contribution in [1.29, 1.82) is 0 Å². The number of nitrogens with two attached hydrogens (primary N) is 1. The van der Waals surface area contributed by atoms with E-state index in [2.05, 4.69) is 28.6 Å². The highest BCUT2D eigenvalue weighted by Crippen LogP contribution is 2.38. The van der Waals surface area contributed by atoms with Gasteiger partial charge in [-0.2, -0.15) is 0 Å². The van der Waals surface area contributed by atoms with Crippen molar-refractivity contribution in [3.63, 3.8) is 0 Å². The molecule has 0 amide bonds. The lowest BCUT2D eigenvalue weighted by atomic mass is 9.85. The second-order valence-electron chi connectivity index (χ2n) is 6.84. The largest absolute Gasteiger partial charge is 0.370 e. The van der Waals surface area contributed by atoms with Gasteiger partial charge in [-0.15, -0.1) is 0 Å². The van der Waals surface area contributed by atoms with Crippen LogP contribution in [0.1, 0.15) is 52.4 Å². The Morgan fingerprint density at radius 1 is 1.21 bits per heavy atom. The van der Waals surface area contributed by atoms with Crippen LogP contribution in [0.15, 0.2) is 4.99 Å². The standard InChI is InChI=1S/C15H28N4/c1-12(2)18-9-7-15(8-10-18)11-17-14(16)19(15)13-5-3-4-6-13/h12-13H,3-11H2,1-2H3,(H2,16,17). The van der Waals surface area contributed by atoms with Crippen LogP contribution in [0.3, 0.4) is 0 Å². The third-order valence-electron chi connectivity index (χ3n) is 5.44. The van der Waals surface area contributed by atoms with E-state index < -0.39 is 0 Å². The molecule has 0 radical (unpaired) electrons. The first-order valence-corrected chi connectivity index (χ1v) is 7.96. The second-order valence-corrected chi connectivity index (χ2v) is 6.84. The highest BCUT2D eigenvalue weighted by atomic mass is 15.4. The molecule has 4 nitrogen and oxygen atoms in total. The molecule has 1 spiro atoms. The molecule has 0 bridgehead atoms. The molecule has 2 fully saturated rings. The van der Waals surface area contributed by atoms with Crippen LogP contribution in [-0.4, -0.2) is 53.0 Å². The van der Waals surface area contributed by atoms with Crippen molar-refractivity contribution in [2.75, 3.05) is 19.6 Å². The fourth-order valence-electron chi connectivity index (χ4n) is 4.22. The third kappa shape index (κ3) is 2.24. The summed E-state index contributed by atoms with van der Waals surface area (Å²) < 4.78 is 0. The average Bonchev–Trinajstić information content (AvgIpc) is 2.99. The Balaban J connectivity index is 1.73. The Labute approximate surface area is 117 Å². The first-order valence-electron chi connectivity index (χ1n) is 7.96. The van der Waals surface area contributed by atoms with Gasteiger partial charge >= 0.3 is 0 Å². The van der Waals surface area contributed by atoms with Crippen molar-refractivity contribution < 1.29 is 0 Å². The van der Waals surface area contributed by atoms with Crippen LogP contribution >= 0.6 is 0 Å². The monoisotopic (exact) mass is 264 g/mol. The number of guanidine groups is 1. The summed E-state index contributed by atoms with van der Waals surface area (Å²) in [6, 6.07) is 1.33. The fraction of sp³-hybridized carbons (Fsp3) is 0.933. The van der Waals surface area contributed by atoms with Gasteiger partial charge in [-0.1, -0.05) is 12.8 Å². The molecule has 0 unspecified atom stereocenters. The quantitative estimate of drug-likeness (QED) is 0.827. The van der Waals surface area contributed by atoms with E-state index in [4.69, 9.17) is 5.73 Å². The maximum atomic E-state index is 6.22. The summed E-state index contributed by atoms with van der Waals surface area (Å²) in [6.45, 7) is 7.92. The van der Waals surface area contributed by atoms with Crippen LogP contribution in [0.4, 0.5) is 0 Å². The molecule has 0 atom stereocenters. The summed E-state index contributed by atoms with van der Waals surface area (Å²) in [4.78, 5) is 9.73. The minimum Gasteiger partial charge on any atom is -0.370 e. The summed E-state index contributed by atoms with van der Waals surface area (Å²) in [5.74, 6) is 0.824. The normalized spacial score (nSPS) is 28.6. The molecule has 2 N–H and O–H groups in total. The molecular weight excluding hydrogens is 236 g/mol. The van der Waals surface area contributed by atoms with Gasteiger partial charge in [-0.3, -0.25) is 4.99 Å². The molecule has 0 aromatic heterocycles. The summed E-state index contributed by atoms with van der Waals surface area (Å²) in [6.07, 6.45) is 7.81. The summed E-state index contributed by atoms with van der Waals surface area (Å²) in [5, 5.41) is 0. The molecule has 1 saturated heterocycles.